The number of hydrogen-bond acceptors (Lipinski definition) is 4. The summed E-state index contributed by atoms with van der Waals surface area (Å²) in [5.74, 6) is -2.24. The Bertz CT molecular complexity index is 556. The molecule has 0 aromatic heterocycles. The summed E-state index contributed by atoms with van der Waals surface area (Å²) >= 11 is 0. The van der Waals surface area contributed by atoms with Crippen LogP contribution in [0.2, 0.25) is 0 Å². The van der Waals surface area contributed by atoms with Crippen molar-refractivity contribution in [1.29, 1.82) is 0 Å². The van der Waals surface area contributed by atoms with E-state index in [0.717, 1.165) is 6.07 Å². The van der Waals surface area contributed by atoms with Gasteiger partial charge in [-0.2, -0.15) is 0 Å². The van der Waals surface area contributed by atoms with Crippen LogP contribution in [0.15, 0.2) is 18.2 Å². The molecule has 1 heterocycles. The van der Waals surface area contributed by atoms with Crippen molar-refractivity contribution in [2.75, 3.05) is 25.5 Å². The van der Waals surface area contributed by atoms with Crippen molar-refractivity contribution in [3.63, 3.8) is 0 Å². The minimum atomic E-state index is -1.05. The van der Waals surface area contributed by atoms with Crippen molar-refractivity contribution in [2.45, 2.75) is 12.8 Å². The fraction of sp³-hybridized carbons (Fsp3) is 0.429. The molecule has 0 atom stereocenters. The summed E-state index contributed by atoms with van der Waals surface area (Å²) in [6.45, 7) is 0.634. The number of carboxylic acids is 1. The fourth-order valence-corrected chi connectivity index (χ4v) is 2.31. The highest BCUT2D eigenvalue weighted by Gasteiger charge is 2.40. The zero-order valence-electron chi connectivity index (χ0n) is 11.4. The summed E-state index contributed by atoms with van der Waals surface area (Å²) in [5, 5.41) is 11.9. The monoisotopic (exact) mass is 296 g/mol. The van der Waals surface area contributed by atoms with Gasteiger partial charge in [0.1, 0.15) is 5.82 Å². The van der Waals surface area contributed by atoms with E-state index in [1.807, 2.05) is 0 Å². The number of carboxylic acid groups (broad SMARTS) is 1. The number of nitrogens with two attached hydrogens (primary N) is 1. The number of hydrogen-bond donors (Lipinski definition) is 3. The summed E-state index contributed by atoms with van der Waals surface area (Å²) in [6, 6.07) is 3.93. The highest BCUT2D eigenvalue weighted by Crippen LogP contribution is 2.30. The molecule has 21 heavy (non-hydrogen) atoms. The van der Waals surface area contributed by atoms with E-state index in [1.54, 1.807) is 0 Å². The van der Waals surface area contributed by atoms with Gasteiger partial charge in [0.05, 0.1) is 16.7 Å². The molecular formula is C14H17FN2O4. The molecular weight excluding hydrogens is 279 g/mol. The van der Waals surface area contributed by atoms with Gasteiger partial charge in [-0.15, -0.1) is 0 Å². The number of anilines is 1. The standard InChI is InChI=1S/C14H17FN2O4/c15-10-3-1-2-9(11(10)16)12(18)17-8-14(13(19)20)4-6-21-7-5-14/h1-3H,4-8,16H2,(H,17,18)(H,19,20). The maximum Gasteiger partial charge on any atom is 0.311 e. The normalized spacial score (nSPS) is 17.2. The smallest absolute Gasteiger partial charge is 0.311 e. The van der Waals surface area contributed by atoms with Gasteiger partial charge in [0.15, 0.2) is 0 Å². The predicted octanol–water partition coefficient (Wildman–Crippen LogP) is 1.02. The summed E-state index contributed by atoms with van der Waals surface area (Å²) in [7, 11) is 0. The van der Waals surface area contributed by atoms with E-state index in [4.69, 9.17) is 10.5 Å². The number of rotatable bonds is 4. The molecule has 2 rings (SSSR count). The lowest BCUT2D eigenvalue weighted by Crippen LogP contribution is -2.46. The van der Waals surface area contributed by atoms with Crippen LogP contribution in [0.4, 0.5) is 10.1 Å². The van der Waals surface area contributed by atoms with Crippen molar-refractivity contribution >= 4 is 17.6 Å². The highest BCUT2D eigenvalue weighted by molar-refractivity contribution is 5.99. The molecule has 0 aliphatic carbocycles. The lowest BCUT2D eigenvalue weighted by molar-refractivity contribution is -0.154. The van der Waals surface area contributed by atoms with Crippen LogP contribution in [0.5, 0.6) is 0 Å². The van der Waals surface area contributed by atoms with E-state index >= 15 is 0 Å². The Morgan fingerprint density at radius 2 is 2.05 bits per heavy atom. The van der Waals surface area contributed by atoms with Gasteiger partial charge in [-0.05, 0) is 25.0 Å². The van der Waals surface area contributed by atoms with Gasteiger partial charge in [-0.3, -0.25) is 9.59 Å². The summed E-state index contributed by atoms with van der Waals surface area (Å²) < 4.78 is 18.5. The Labute approximate surface area is 121 Å². The minimum absolute atomic E-state index is 0.00241. The van der Waals surface area contributed by atoms with Crippen molar-refractivity contribution in [1.82, 2.24) is 5.32 Å². The number of nitrogen functional groups attached to an aromatic ring is 1. The molecule has 0 unspecified atom stereocenters. The molecule has 0 radical (unpaired) electrons. The van der Waals surface area contributed by atoms with Crippen molar-refractivity contribution in [3.05, 3.63) is 29.6 Å². The first-order valence-corrected chi connectivity index (χ1v) is 6.60. The molecule has 0 spiro atoms. The number of para-hydroxylation sites is 1. The zero-order valence-corrected chi connectivity index (χ0v) is 11.4. The molecule has 4 N–H and O–H groups in total. The lowest BCUT2D eigenvalue weighted by Gasteiger charge is -2.33. The summed E-state index contributed by atoms with van der Waals surface area (Å²) in [5.41, 5.74) is 4.23. The molecule has 0 bridgehead atoms. The van der Waals surface area contributed by atoms with Crippen LogP contribution in [0.25, 0.3) is 0 Å². The number of halogens is 1. The van der Waals surface area contributed by atoms with Crippen LogP contribution < -0.4 is 11.1 Å². The van der Waals surface area contributed by atoms with E-state index in [1.165, 1.54) is 12.1 Å². The number of nitrogens with one attached hydrogen (secondary N) is 1. The Balaban J connectivity index is 2.09. The van der Waals surface area contributed by atoms with Crippen LogP contribution in [0, 0.1) is 11.2 Å². The van der Waals surface area contributed by atoms with Crippen LogP contribution >= 0.6 is 0 Å². The second-order valence-electron chi connectivity index (χ2n) is 5.08. The van der Waals surface area contributed by atoms with E-state index in [-0.39, 0.29) is 17.8 Å². The van der Waals surface area contributed by atoms with E-state index in [0.29, 0.717) is 26.1 Å². The van der Waals surface area contributed by atoms with Gasteiger partial charge in [-0.1, -0.05) is 6.07 Å². The highest BCUT2D eigenvalue weighted by atomic mass is 19.1. The van der Waals surface area contributed by atoms with E-state index in [2.05, 4.69) is 5.32 Å². The second kappa shape index (κ2) is 6.09. The number of carbonyl (C=O) groups is 2. The Kier molecular flexibility index (Phi) is 4.42. The molecule has 7 heteroatoms. The van der Waals surface area contributed by atoms with Gasteiger partial charge in [0.2, 0.25) is 0 Å². The molecule has 1 fully saturated rings. The number of benzene rings is 1. The molecule has 1 aromatic carbocycles. The molecule has 0 saturated carbocycles. The van der Waals surface area contributed by atoms with E-state index < -0.39 is 23.1 Å². The molecule has 6 nitrogen and oxygen atoms in total. The maximum absolute atomic E-state index is 13.3. The van der Waals surface area contributed by atoms with Gasteiger partial charge < -0.3 is 20.9 Å². The first-order valence-electron chi connectivity index (χ1n) is 6.60. The number of aliphatic carboxylic acids is 1. The van der Waals surface area contributed by atoms with Crippen LogP contribution in [-0.4, -0.2) is 36.7 Å². The third kappa shape index (κ3) is 3.13. The predicted molar refractivity (Wildman–Crippen MR) is 73.3 cm³/mol. The topological polar surface area (TPSA) is 102 Å². The third-order valence-corrected chi connectivity index (χ3v) is 3.79. The largest absolute Gasteiger partial charge is 0.481 e. The van der Waals surface area contributed by atoms with Crippen molar-refractivity contribution in [3.8, 4) is 0 Å². The van der Waals surface area contributed by atoms with Gasteiger partial charge in [0.25, 0.3) is 5.91 Å². The van der Waals surface area contributed by atoms with Crippen molar-refractivity contribution in [2.24, 2.45) is 5.41 Å². The zero-order chi connectivity index (χ0) is 15.5. The molecule has 1 saturated heterocycles. The summed E-state index contributed by atoms with van der Waals surface area (Å²) in [4.78, 5) is 23.5. The second-order valence-corrected chi connectivity index (χ2v) is 5.08. The third-order valence-electron chi connectivity index (χ3n) is 3.79. The van der Waals surface area contributed by atoms with Crippen LogP contribution in [0.1, 0.15) is 23.2 Å². The SMILES string of the molecule is Nc1c(F)cccc1C(=O)NCC1(C(=O)O)CCOCC1. The maximum atomic E-state index is 13.3. The first-order chi connectivity index (χ1) is 9.96. The Hall–Kier alpha value is -2.15. The average Bonchev–Trinajstić information content (AvgIpc) is 2.48. The molecule has 1 aliphatic heterocycles. The quantitative estimate of drug-likeness (QED) is 0.720. The number of amides is 1. The first kappa shape index (κ1) is 15.2. The van der Waals surface area contributed by atoms with Crippen LogP contribution in [-0.2, 0) is 9.53 Å². The average molecular weight is 296 g/mol. The fourth-order valence-electron chi connectivity index (χ4n) is 2.31. The van der Waals surface area contributed by atoms with Gasteiger partial charge in [-0.25, -0.2) is 4.39 Å². The van der Waals surface area contributed by atoms with Crippen LogP contribution in [0.3, 0.4) is 0 Å². The Morgan fingerprint density at radius 1 is 1.38 bits per heavy atom. The van der Waals surface area contributed by atoms with E-state index in [9.17, 15) is 19.1 Å². The van der Waals surface area contributed by atoms with Gasteiger partial charge >= 0.3 is 5.97 Å². The van der Waals surface area contributed by atoms with Crippen molar-refractivity contribution < 1.29 is 23.8 Å². The molecule has 114 valence electrons. The molecule has 1 aromatic rings. The minimum Gasteiger partial charge on any atom is -0.481 e. The number of carbonyl (C=O) groups excluding carboxylic acids is 1. The Morgan fingerprint density at radius 3 is 2.67 bits per heavy atom. The number of ether oxygens (including phenoxy) is 1. The summed E-state index contributed by atoms with van der Waals surface area (Å²) in [6.07, 6.45) is 0.641. The molecule has 1 amide bonds. The molecule has 1 aliphatic rings. The lowest BCUT2D eigenvalue weighted by atomic mass is 9.80. The van der Waals surface area contributed by atoms with Gasteiger partial charge in [0, 0.05) is 19.8 Å².